The van der Waals surface area contributed by atoms with Gasteiger partial charge in [0.1, 0.15) is 0 Å². The number of carbonyl (C=O) groups is 1. The Bertz CT molecular complexity index is 449. The molecule has 136 valence electrons. The van der Waals surface area contributed by atoms with Crippen molar-refractivity contribution in [3.63, 3.8) is 0 Å². The summed E-state index contributed by atoms with van der Waals surface area (Å²) in [6.07, 6.45) is 4.85. The molecule has 2 saturated heterocycles. The van der Waals surface area contributed by atoms with Crippen molar-refractivity contribution >= 4 is 28.3 Å². The number of amides is 1. The van der Waals surface area contributed by atoms with Crippen LogP contribution in [0, 0.1) is 5.92 Å². The molecule has 0 spiro atoms. The molecule has 2 fully saturated rings. The molecule has 2 rings (SSSR count). The maximum atomic E-state index is 11.9. The molecular weight excluding hydrogens is 342 g/mol. The molecule has 0 bridgehead atoms. The zero-order valence-corrected chi connectivity index (χ0v) is 15.0. The molecule has 2 aliphatic rings. The van der Waals surface area contributed by atoms with E-state index in [2.05, 4.69) is 15.4 Å². The van der Waals surface area contributed by atoms with Crippen LogP contribution < -0.4 is 15.4 Å². The average Bonchev–Trinajstić information content (AvgIpc) is 2.55. The number of rotatable bonds is 7. The van der Waals surface area contributed by atoms with Crippen molar-refractivity contribution in [3.8, 4) is 0 Å². The molecule has 1 amide bonds. The molecule has 9 heteroatoms. The molecule has 7 nitrogen and oxygen atoms in total. The van der Waals surface area contributed by atoms with Crippen LogP contribution in [0.4, 0.5) is 0 Å². The van der Waals surface area contributed by atoms with E-state index >= 15 is 0 Å². The minimum absolute atomic E-state index is 0. The summed E-state index contributed by atoms with van der Waals surface area (Å²) in [7, 11) is -3.37. The van der Waals surface area contributed by atoms with Gasteiger partial charge in [-0.3, -0.25) is 4.79 Å². The van der Waals surface area contributed by atoms with Crippen LogP contribution in [-0.2, 0) is 19.6 Å². The Kier molecular flexibility index (Phi) is 9.38. The molecule has 3 N–H and O–H groups in total. The van der Waals surface area contributed by atoms with Gasteiger partial charge in [-0.1, -0.05) is 0 Å². The van der Waals surface area contributed by atoms with Crippen molar-refractivity contribution in [3.05, 3.63) is 0 Å². The van der Waals surface area contributed by atoms with Gasteiger partial charge in [0, 0.05) is 26.2 Å². The lowest BCUT2D eigenvalue weighted by molar-refractivity contribution is -0.125. The number of sulfonamides is 1. The summed E-state index contributed by atoms with van der Waals surface area (Å²) in [5.41, 5.74) is 0. The molecule has 0 aromatic rings. The van der Waals surface area contributed by atoms with Crippen molar-refractivity contribution < 1.29 is 17.9 Å². The first kappa shape index (κ1) is 20.6. The number of halogens is 1. The lowest BCUT2D eigenvalue weighted by Gasteiger charge is -2.23. The molecule has 0 radical (unpaired) electrons. The van der Waals surface area contributed by atoms with Gasteiger partial charge in [-0.2, -0.15) is 0 Å². The Balaban J connectivity index is 0.00000264. The maximum Gasteiger partial charge on any atom is 0.224 e. The number of carbonyl (C=O) groups excluding carboxylic acids is 1. The summed E-state index contributed by atoms with van der Waals surface area (Å²) in [5, 5.41) is 5.89. The van der Waals surface area contributed by atoms with E-state index in [1.54, 1.807) is 0 Å². The zero-order chi connectivity index (χ0) is 15.8. The Labute approximate surface area is 144 Å². The van der Waals surface area contributed by atoms with Crippen LogP contribution in [0.25, 0.3) is 0 Å². The second-order valence-electron chi connectivity index (χ2n) is 5.99. The molecule has 0 saturated carbocycles. The molecule has 0 aromatic carbocycles. The smallest absolute Gasteiger partial charge is 0.224 e. The number of hydrogen-bond donors (Lipinski definition) is 3. The monoisotopic (exact) mass is 369 g/mol. The molecule has 0 aromatic heterocycles. The highest BCUT2D eigenvalue weighted by Crippen LogP contribution is 2.12. The van der Waals surface area contributed by atoms with Gasteiger partial charge in [0.15, 0.2) is 0 Å². The third-order valence-electron chi connectivity index (χ3n) is 4.14. The standard InChI is InChI=1S/C14H27N3O4S.ClH/c18-14(12-4-3-6-15-10-12)16-7-9-22(19,20)17-11-13-5-1-2-8-21-13;/h12-13,15,17H,1-11H2,(H,16,18);1H. The largest absolute Gasteiger partial charge is 0.377 e. The van der Waals surface area contributed by atoms with E-state index in [9.17, 15) is 13.2 Å². The first-order valence-corrected chi connectivity index (χ1v) is 9.79. The topological polar surface area (TPSA) is 96.5 Å². The lowest BCUT2D eigenvalue weighted by Crippen LogP contribution is -2.43. The van der Waals surface area contributed by atoms with E-state index in [0.717, 1.165) is 38.6 Å². The van der Waals surface area contributed by atoms with Crippen molar-refractivity contribution in [2.24, 2.45) is 5.92 Å². The van der Waals surface area contributed by atoms with Crippen LogP contribution in [0.5, 0.6) is 0 Å². The van der Waals surface area contributed by atoms with Gasteiger partial charge < -0.3 is 15.4 Å². The van der Waals surface area contributed by atoms with Gasteiger partial charge >= 0.3 is 0 Å². The molecule has 0 aliphatic carbocycles. The van der Waals surface area contributed by atoms with E-state index < -0.39 is 10.0 Å². The third kappa shape index (κ3) is 7.80. The Morgan fingerprint density at radius 1 is 1.22 bits per heavy atom. The van der Waals surface area contributed by atoms with Crippen LogP contribution >= 0.6 is 12.4 Å². The summed E-state index contributed by atoms with van der Waals surface area (Å²) in [5.74, 6) is -0.191. The summed E-state index contributed by atoms with van der Waals surface area (Å²) in [6, 6.07) is 0. The van der Waals surface area contributed by atoms with Crippen LogP contribution in [0.2, 0.25) is 0 Å². The summed E-state index contributed by atoms with van der Waals surface area (Å²) in [6.45, 7) is 2.80. The minimum atomic E-state index is -3.37. The maximum absolute atomic E-state index is 11.9. The number of piperidine rings is 1. The quantitative estimate of drug-likeness (QED) is 0.587. The van der Waals surface area contributed by atoms with Gasteiger partial charge in [0.25, 0.3) is 0 Å². The van der Waals surface area contributed by atoms with Gasteiger partial charge in [0.2, 0.25) is 15.9 Å². The van der Waals surface area contributed by atoms with E-state index in [4.69, 9.17) is 4.74 Å². The number of nitrogens with one attached hydrogen (secondary N) is 3. The minimum Gasteiger partial charge on any atom is -0.377 e. The molecule has 2 atom stereocenters. The van der Waals surface area contributed by atoms with Crippen LogP contribution in [0.1, 0.15) is 32.1 Å². The highest BCUT2D eigenvalue weighted by atomic mass is 35.5. The summed E-state index contributed by atoms with van der Waals surface area (Å²) in [4.78, 5) is 11.9. The summed E-state index contributed by atoms with van der Waals surface area (Å²) >= 11 is 0. The van der Waals surface area contributed by atoms with Crippen molar-refractivity contribution in [1.82, 2.24) is 15.4 Å². The first-order valence-electron chi connectivity index (χ1n) is 8.14. The predicted molar refractivity (Wildman–Crippen MR) is 91.2 cm³/mol. The van der Waals surface area contributed by atoms with Crippen molar-refractivity contribution in [2.45, 2.75) is 38.2 Å². The third-order valence-corrected chi connectivity index (χ3v) is 5.49. The van der Waals surface area contributed by atoms with E-state index in [-0.39, 0.29) is 42.6 Å². The fourth-order valence-corrected chi connectivity index (χ4v) is 3.74. The molecule has 23 heavy (non-hydrogen) atoms. The number of hydrogen-bond acceptors (Lipinski definition) is 5. The Hall–Kier alpha value is -0.410. The zero-order valence-electron chi connectivity index (χ0n) is 13.4. The molecule has 2 heterocycles. The van der Waals surface area contributed by atoms with Gasteiger partial charge in [-0.25, -0.2) is 13.1 Å². The number of ether oxygens (including phenoxy) is 1. The second-order valence-corrected chi connectivity index (χ2v) is 7.92. The van der Waals surface area contributed by atoms with Crippen molar-refractivity contribution in [1.29, 1.82) is 0 Å². The second kappa shape index (κ2) is 10.5. The van der Waals surface area contributed by atoms with Crippen LogP contribution in [-0.4, -0.2) is 59.0 Å². The summed E-state index contributed by atoms with van der Waals surface area (Å²) < 4.78 is 31.9. The Morgan fingerprint density at radius 3 is 2.70 bits per heavy atom. The van der Waals surface area contributed by atoms with Crippen molar-refractivity contribution in [2.75, 3.05) is 38.5 Å². The average molecular weight is 370 g/mol. The van der Waals surface area contributed by atoms with E-state index in [1.807, 2.05) is 0 Å². The first-order chi connectivity index (χ1) is 10.6. The van der Waals surface area contributed by atoms with Gasteiger partial charge in [0.05, 0.1) is 17.8 Å². The fraction of sp³-hybridized carbons (Fsp3) is 0.929. The Morgan fingerprint density at radius 2 is 2.04 bits per heavy atom. The van der Waals surface area contributed by atoms with Gasteiger partial charge in [-0.05, 0) is 38.6 Å². The van der Waals surface area contributed by atoms with Crippen LogP contribution in [0.3, 0.4) is 0 Å². The highest BCUT2D eigenvalue weighted by Gasteiger charge is 2.21. The highest BCUT2D eigenvalue weighted by molar-refractivity contribution is 7.89. The fourth-order valence-electron chi connectivity index (χ4n) is 2.79. The molecule has 2 aliphatic heterocycles. The molecular formula is C14H28ClN3O4S. The molecule has 2 unspecified atom stereocenters. The SMILES string of the molecule is Cl.O=C(NCCS(=O)(=O)NCC1CCCCO1)C1CCCNC1. The predicted octanol–water partition coefficient (Wildman–Crippen LogP) is 0.0125. The van der Waals surface area contributed by atoms with E-state index in [0.29, 0.717) is 19.7 Å². The van der Waals surface area contributed by atoms with Gasteiger partial charge in [-0.15, -0.1) is 12.4 Å². The normalized spacial score (nSPS) is 25.4. The lowest BCUT2D eigenvalue weighted by atomic mass is 9.99. The van der Waals surface area contributed by atoms with E-state index in [1.165, 1.54) is 0 Å². The van der Waals surface area contributed by atoms with Crippen LogP contribution in [0.15, 0.2) is 0 Å².